The normalized spacial score (nSPS) is 37.7. The van der Waals surface area contributed by atoms with E-state index in [9.17, 15) is 9.90 Å². The van der Waals surface area contributed by atoms with E-state index in [1.54, 1.807) is 0 Å². The van der Waals surface area contributed by atoms with Gasteiger partial charge in [-0.2, -0.15) is 0 Å². The van der Waals surface area contributed by atoms with Crippen molar-refractivity contribution in [2.75, 3.05) is 6.61 Å². The van der Waals surface area contributed by atoms with Crippen LogP contribution in [-0.2, 0) is 14.3 Å². The third-order valence-corrected chi connectivity index (χ3v) is 4.77. The fraction of sp³-hybridized carbons (Fsp3) is 0.562. The molecule has 1 aromatic carbocycles. The minimum atomic E-state index is -0.593. The van der Waals surface area contributed by atoms with Gasteiger partial charge in [0.05, 0.1) is 6.61 Å². The maximum atomic E-state index is 12.3. The number of hydrogen-bond donors (Lipinski definition) is 2. The number of carbonyl (C=O) groups is 1. The Bertz CT molecular complexity index is 518. The van der Waals surface area contributed by atoms with E-state index >= 15 is 0 Å². The van der Waals surface area contributed by atoms with Gasteiger partial charge in [0, 0.05) is 24.9 Å². The van der Waals surface area contributed by atoms with Gasteiger partial charge in [-0.15, -0.1) is 0 Å². The lowest BCUT2D eigenvalue weighted by atomic mass is 9.98. The summed E-state index contributed by atoms with van der Waals surface area (Å²) in [5.74, 6) is -0.922. The second-order valence-corrected chi connectivity index (χ2v) is 6.12. The minimum absolute atomic E-state index is 0.0667. The van der Waals surface area contributed by atoms with E-state index in [2.05, 4.69) is 5.32 Å². The van der Waals surface area contributed by atoms with Crippen LogP contribution in [0.5, 0.6) is 0 Å². The summed E-state index contributed by atoms with van der Waals surface area (Å²) in [4.78, 5) is 12.3. The van der Waals surface area contributed by atoms with Crippen molar-refractivity contribution in [2.24, 2.45) is 0 Å². The highest BCUT2D eigenvalue weighted by atomic mass is 16.6. The fourth-order valence-electron chi connectivity index (χ4n) is 3.66. The Labute approximate surface area is 123 Å². The quantitative estimate of drug-likeness (QED) is 0.626. The van der Waals surface area contributed by atoms with Crippen molar-refractivity contribution in [1.29, 1.82) is 0 Å². The van der Waals surface area contributed by atoms with Crippen molar-refractivity contribution in [3.05, 3.63) is 35.9 Å². The van der Waals surface area contributed by atoms with Crippen molar-refractivity contribution in [2.45, 2.75) is 49.2 Å². The van der Waals surface area contributed by atoms with Crippen molar-refractivity contribution in [3.63, 3.8) is 0 Å². The Hall–Kier alpha value is -1.43. The highest BCUT2D eigenvalue weighted by Gasteiger charge is 2.59. The highest BCUT2D eigenvalue weighted by molar-refractivity contribution is 5.78. The molecule has 3 saturated heterocycles. The number of aliphatic hydroxyl groups is 1. The van der Waals surface area contributed by atoms with Crippen molar-refractivity contribution >= 4 is 5.97 Å². The Morgan fingerprint density at radius 1 is 1.29 bits per heavy atom. The molecule has 2 bridgehead atoms. The molecule has 5 heteroatoms. The molecule has 3 aliphatic heterocycles. The zero-order chi connectivity index (χ0) is 14.4. The predicted octanol–water partition coefficient (Wildman–Crippen LogP) is 0.576. The summed E-state index contributed by atoms with van der Waals surface area (Å²) in [6, 6.07) is 9.93. The number of fused-ring (bicyclic) bond motifs is 5. The molecule has 0 spiro atoms. The monoisotopic (exact) mass is 289 g/mol. The average molecular weight is 289 g/mol. The van der Waals surface area contributed by atoms with Crippen LogP contribution in [0.15, 0.2) is 30.3 Å². The second-order valence-electron chi connectivity index (χ2n) is 6.12. The molecule has 112 valence electrons. The van der Waals surface area contributed by atoms with Gasteiger partial charge in [-0.1, -0.05) is 30.3 Å². The molecule has 2 N–H and O–H groups in total. The Morgan fingerprint density at radius 3 is 2.57 bits per heavy atom. The topological polar surface area (TPSA) is 71.1 Å². The Kier molecular flexibility index (Phi) is 3.21. The number of rotatable bonds is 4. The molecule has 0 aliphatic carbocycles. The number of piperidine rings is 1. The number of aliphatic hydroxyl groups excluding tert-OH is 1. The van der Waals surface area contributed by atoms with E-state index in [-0.39, 0.29) is 18.7 Å². The van der Waals surface area contributed by atoms with Gasteiger partial charge in [0.15, 0.2) is 0 Å². The number of ether oxygens (including phenoxy) is 2. The zero-order valence-electron chi connectivity index (χ0n) is 11.6. The van der Waals surface area contributed by atoms with Crippen molar-refractivity contribution in [1.82, 2.24) is 5.32 Å². The van der Waals surface area contributed by atoms with Crippen molar-refractivity contribution in [3.8, 4) is 0 Å². The molecule has 3 aliphatic rings. The molecule has 1 aromatic rings. The highest BCUT2D eigenvalue weighted by Crippen LogP contribution is 2.42. The first-order valence-electron chi connectivity index (χ1n) is 7.54. The average Bonchev–Trinajstić information content (AvgIpc) is 3.25. The number of esters is 1. The van der Waals surface area contributed by atoms with Gasteiger partial charge in [0.25, 0.3) is 0 Å². The van der Waals surface area contributed by atoms with Crippen LogP contribution in [0.4, 0.5) is 0 Å². The van der Waals surface area contributed by atoms with Crippen LogP contribution in [0.2, 0.25) is 0 Å². The molecule has 0 saturated carbocycles. The number of morpholine rings is 1. The first kappa shape index (κ1) is 13.2. The number of nitrogens with one attached hydrogen (secondary N) is 1. The van der Waals surface area contributed by atoms with Crippen LogP contribution in [0.3, 0.4) is 0 Å². The van der Waals surface area contributed by atoms with Crippen molar-refractivity contribution < 1.29 is 19.4 Å². The molecule has 21 heavy (non-hydrogen) atoms. The van der Waals surface area contributed by atoms with Crippen LogP contribution in [0.1, 0.15) is 24.3 Å². The van der Waals surface area contributed by atoms with E-state index in [1.165, 1.54) is 0 Å². The van der Waals surface area contributed by atoms with Crippen LogP contribution in [-0.4, -0.2) is 48.1 Å². The summed E-state index contributed by atoms with van der Waals surface area (Å²) in [6.07, 6.45) is 2.18. The van der Waals surface area contributed by atoms with Crippen LogP contribution >= 0.6 is 0 Å². The van der Waals surface area contributed by atoms with Gasteiger partial charge >= 0.3 is 5.97 Å². The predicted molar refractivity (Wildman–Crippen MR) is 74.8 cm³/mol. The van der Waals surface area contributed by atoms with Crippen LogP contribution in [0.25, 0.3) is 0 Å². The summed E-state index contributed by atoms with van der Waals surface area (Å²) >= 11 is 0. The fourth-order valence-corrected chi connectivity index (χ4v) is 3.66. The lowest BCUT2D eigenvalue weighted by molar-refractivity contribution is -0.154. The minimum Gasteiger partial charge on any atom is -0.462 e. The lowest BCUT2D eigenvalue weighted by Gasteiger charge is -2.31. The standard InChI is InChI=1S/C16H19NO4/c18-8-11(9-4-2-1-3-5-9)16(19)20-10-6-12-14-15(21-14)13(7-10)17-12/h1-5,10-15,17-18H,6-8H2/t10?,11?,12-,13+,14+,15-. The number of hydrogen-bond acceptors (Lipinski definition) is 5. The van der Waals surface area contributed by atoms with Gasteiger partial charge in [0.1, 0.15) is 24.2 Å². The molecular weight excluding hydrogens is 270 g/mol. The molecular formula is C16H19NO4. The largest absolute Gasteiger partial charge is 0.462 e. The van der Waals surface area contributed by atoms with Gasteiger partial charge in [-0.3, -0.25) is 4.79 Å². The first-order chi connectivity index (χ1) is 10.3. The molecule has 3 heterocycles. The third kappa shape index (κ3) is 2.35. The molecule has 4 rings (SSSR count). The van der Waals surface area contributed by atoms with Gasteiger partial charge in [-0.25, -0.2) is 0 Å². The summed E-state index contributed by atoms with van der Waals surface area (Å²) in [6.45, 7) is -0.227. The van der Waals surface area contributed by atoms with Gasteiger partial charge in [-0.05, 0) is 5.56 Å². The first-order valence-corrected chi connectivity index (χ1v) is 7.54. The molecule has 0 amide bonds. The number of carbonyl (C=O) groups excluding carboxylic acids is 1. The SMILES string of the molecule is O=C(OC1C[C@@H]2N[C@H](C1)[C@@H]1O[C@@H]12)C(CO)c1ccccc1. The molecule has 0 radical (unpaired) electrons. The maximum absolute atomic E-state index is 12.3. The van der Waals surface area contributed by atoms with E-state index in [4.69, 9.17) is 9.47 Å². The Morgan fingerprint density at radius 2 is 1.95 bits per heavy atom. The van der Waals surface area contributed by atoms with E-state index in [0.717, 1.165) is 18.4 Å². The van der Waals surface area contributed by atoms with Crippen LogP contribution < -0.4 is 5.32 Å². The second kappa shape index (κ2) is 5.09. The zero-order valence-corrected chi connectivity index (χ0v) is 11.6. The Balaban J connectivity index is 1.41. The van der Waals surface area contributed by atoms with Gasteiger partial charge in [0.2, 0.25) is 0 Å². The van der Waals surface area contributed by atoms with Crippen LogP contribution in [0, 0.1) is 0 Å². The molecule has 0 aromatic heterocycles. The third-order valence-electron chi connectivity index (χ3n) is 4.77. The maximum Gasteiger partial charge on any atom is 0.316 e. The smallest absolute Gasteiger partial charge is 0.316 e. The summed E-state index contributed by atoms with van der Waals surface area (Å²) in [5.41, 5.74) is 0.799. The molecule has 3 fully saturated rings. The van der Waals surface area contributed by atoms with E-state index in [0.29, 0.717) is 24.3 Å². The summed E-state index contributed by atoms with van der Waals surface area (Å²) in [5, 5.41) is 13.0. The van der Waals surface area contributed by atoms with E-state index < -0.39 is 5.92 Å². The summed E-state index contributed by atoms with van der Waals surface area (Å²) < 4.78 is 11.2. The lowest BCUT2D eigenvalue weighted by Crippen LogP contribution is -2.47. The number of epoxide rings is 1. The summed E-state index contributed by atoms with van der Waals surface area (Å²) in [7, 11) is 0. The van der Waals surface area contributed by atoms with Gasteiger partial charge < -0.3 is 19.9 Å². The molecule has 5 nitrogen and oxygen atoms in total. The molecule has 2 unspecified atom stereocenters. The number of benzene rings is 1. The molecule has 6 atom stereocenters. The van der Waals surface area contributed by atoms with E-state index in [1.807, 2.05) is 30.3 Å².